The maximum Gasteiger partial charge on any atom is 0.417 e. The Labute approximate surface area is 158 Å². The standard InChI is InChI=1S/C18H16F3N5O2/c1-10(28-14-8-7-11(9-23-14)15(22)27)16-24-25-17(26(16)2)12-5-3-4-6-13(12)18(19,20)21/h3-10H,1-2H3,(H2,22,27)/t10-/m0/s1. The highest BCUT2D eigenvalue weighted by molar-refractivity contribution is 5.92. The van der Waals surface area contributed by atoms with Crippen molar-refractivity contribution in [3.8, 4) is 17.3 Å². The first kappa shape index (κ1) is 19.3. The summed E-state index contributed by atoms with van der Waals surface area (Å²) in [4.78, 5) is 15.1. The normalized spacial score (nSPS) is 12.6. The zero-order chi connectivity index (χ0) is 20.5. The largest absolute Gasteiger partial charge is 0.466 e. The van der Waals surface area contributed by atoms with Crippen molar-refractivity contribution >= 4 is 5.91 Å². The molecule has 146 valence electrons. The molecule has 0 spiro atoms. The van der Waals surface area contributed by atoms with Crippen molar-refractivity contribution in [2.45, 2.75) is 19.2 Å². The van der Waals surface area contributed by atoms with Crippen LogP contribution in [0.3, 0.4) is 0 Å². The molecule has 1 amide bonds. The van der Waals surface area contributed by atoms with E-state index in [-0.39, 0.29) is 22.8 Å². The second-order valence-corrected chi connectivity index (χ2v) is 5.99. The number of carbonyl (C=O) groups excluding carboxylic acids is 1. The van der Waals surface area contributed by atoms with E-state index in [1.54, 1.807) is 14.0 Å². The van der Waals surface area contributed by atoms with Crippen LogP contribution < -0.4 is 10.5 Å². The number of amides is 1. The fourth-order valence-corrected chi connectivity index (χ4v) is 2.68. The molecule has 3 aromatic rings. The third-order valence-electron chi connectivity index (χ3n) is 4.06. The van der Waals surface area contributed by atoms with Gasteiger partial charge in [-0.15, -0.1) is 10.2 Å². The Bertz CT molecular complexity index is 999. The van der Waals surface area contributed by atoms with Crippen molar-refractivity contribution < 1.29 is 22.7 Å². The molecular formula is C18H16F3N5O2. The maximum absolute atomic E-state index is 13.3. The Morgan fingerprint density at radius 3 is 2.50 bits per heavy atom. The van der Waals surface area contributed by atoms with Crippen molar-refractivity contribution in [3.05, 3.63) is 59.5 Å². The van der Waals surface area contributed by atoms with Gasteiger partial charge in [-0.3, -0.25) is 4.79 Å². The molecule has 0 saturated carbocycles. The van der Waals surface area contributed by atoms with Gasteiger partial charge in [-0.2, -0.15) is 13.2 Å². The van der Waals surface area contributed by atoms with Crippen LogP contribution in [0.1, 0.15) is 34.8 Å². The van der Waals surface area contributed by atoms with Gasteiger partial charge in [0.1, 0.15) is 0 Å². The van der Waals surface area contributed by atoms with Crippen molar-refractivity contribution in [3.63, 3.8) is 0 Å². The number of nitrogens with two attached hydrogens (primary N) is 1. The summed E-state index contributed by atoms with van der Waals surface area (Å²) in [6.07, 6.45) is -3.90. The molecule has 1 aromatic carbocycles. The number of primary amides is 1. The van der Waals surface area contributed by atoms with Crippen LogP contribution in [0.4, 0.5) is 13.2 Å². The smallest absolute Gasteiger partial charge is 0.417 e. The van der Waals surface area contributed by atoms with E-state index in [0.29, 0.717) is 5.82 Å². The maximum atomic E-state index is 13.3. The summed E-state index contributed by atoms with van der Waals surface area (Å²) in [7, 11) is 1.56. The van der Waals surface area contributed by atoms with Gasteiger partial charge in [0, 0.05) is 24.9 Å². The number of hydrogen-bond acceptors (Lipinski definition) is 5. The predicted molar refractivity (Wildman–Crippen MR) is 93.2 cm³/mol. The minimum absolute atomic E-state index is 0.0652. The van der Waals surface area contributed by atoms with Gasteiger partial charge in [0.05, 0.1) is 11.1 Å². The third-order valence-corrected chi connectivity index (χ3v) is 4.06. The Morgan fingerprint density at radius 2 is 1.89 bits per heavy atom. The summed E-state index contributed by atoms with van der Waals surface area (Å²) in [5.74, 6) is -0.0331. The minimum atomic E-state index is -4.52. The van der Waals surface area contributed by atoms with Crippen LogP contribution in [0.2, 0.25) is 0 Å². The monoisotopic (exact) mass is 391 g/mol. The molecular weight excluding hydrogens is 375 g/mol. The fraction of sp³-hybridized carbons (Fsp3) is 0.222. The average molecular weight is 391 g/mol. The molecule has 2 N–H and O–H groups in total. The second kappa shape index (κ2) is 7.29. The lowest BCUT2D eigenvalue weighted by Crippen LogP contribution is -2.13. The zero-order valence-electron chi connectivity index (χ0n) is 14.9. The van der Waals surface area contributed by atoms with Crippen LogP contribution in [0.25, 0.3) is 11.4 Å². The molecule has 0 aliphatic heterocycles. The second-order valence-electron chi connectivity index (χ2n) is 5.99. The topological polar surface area (TPSA) is 95.9 Å². The van der Waals surface area contributed by atoms with Gasteiger partial charge in [0.25, 0.3) is 0 Å². The third kappa shape index (κ3) is 3.80. The average Bonchev–Trinajstić information content (AvgIpc) is 3.03. The Balaban J connectivity index is 1.88. The van der Waals surface area contributed by atoms with E-state index in [1.165, 1.54) is 41.1 Å². The number of pyridine rings is 1. The van der Waals surface area contributed by atoms with E-state index in [2.05, 4.69) is 15.2 Å². The van der Waals surface area contributed by atoms with E-state index in [4.69, 9.17) is 10.5 Å². The van der Waals surface area contributed by atoms with E-state index < -0.39 is 23.8 Å². The van der Waals surface area contributed by atoms with Crippen LogP contribution >= 0.6 is 0 Å². The lowest BCUT2D eigenvalue weighted by Gasteiger charge is -2.15. The molecule has 0 fully saturated rings. The molecule has 0 saturated heterocycles. The van der Waals surface area contributed by atoms with Gasteiger partial charge in [0.2, 0.25) is 11.8 Å². The van der Waals surface area contributed by atoms with Gasteiger partial charge < -0.3 is 15.0 Å². The number of aromatic nitrogens is 4. The highest BCUT2D eigenvalue weighted by atomic mass is 19.4. The highest BCUT2D eigenvalue weighted by Crippen LogP contribution is 2.36. The highest BCUT2D eigenvalue weighted by Gasteiger charge is 2.34. The number of nitrogens with zero attached hydrogens (tertiary/aromatic N) is 4. The van der Waals surface area contributed by atoms with Crippen LogP contribution in [-0.2, 0) is 13.2 Å². The molecule has 2 aromatic heterocycles. The number of alkyl halides is 3. The number of rotatable bonds is 5. The first-order chi connectivity index (χ1) is 13.2. The number of halogens is 3. The first-order valence-corrected chi connectivity index (χ1v) is 8.17. The Kier molecular flexibility index (Phi) is 5.04. The quantitative estimate of drug-likeness (QED) is 0.721. The number of hydrogen-bond donors (Lipinski definition) is 1. The molecule has 0 aliphatic rings. The Hall–Kier alpha value is -3.43. The summed E-state index contributed by atoms with van der Waals surface area (Å²) in [5, 5.41) is 7.89. The number of carbonyl (C=O) groups is 1. The van der Waals surface area contributed by atoms with E-state index in [1.807, 2.05) is 0 Å². The van der Waals surface area contributed by atoms with Crippen molar-refractivity contribution in [2.24, 2.45) is 12.8 Å². The van der Waals surface area contributed by atoms with E-state index in [9.17, 15) is 18.0 Å². The Morgan fingerprint density at radius 1 is 1.18 bits per heavy atom. The summed E-state index contributed by atoms with van der Waals surface area (Å²) in [6.45, 7) is 1.66. The van der Waals surface area contributed by atoms with Crippen LogP contribution in [0.15, 0.2) is 42.6 Å². The molecule has 0 bridgehead atoms. The van der Waals surface area contributed by atoms with Gasteiger partial charge in [-0.05, 0) is 19.1 Å². The van der Waals surface area contributed by atoms with Gasteiger partial charge in [-0.25, -0.2) is 4.98 Å². The molecule has 7 nitrogen and oxygen atoms in total. The first-order valence-electron chi connectivity index (χ1n) is 8.17. The molecule has 0 unspecified atom stereocenters. The molecule has 0 aliphatic carbocycles. The minimum Gasteiger partial charge on any atom is -0.466 e. The molecule has 3 rings (SSSR count). The zero-order valence-corrected chi connectivity index (χ0v) is 14.9. The van der Waals surface area contributed by atoms with Gasteiger partial charge >= 0.3 is 6.18 Å². The molecule has 2 heterocycles. The lowest BCUT2D eigenvalue weighted by molar-refractivity contribution is -0.137. The SMILES string of the molecule is C[C@H](Oc1ccc(C(N)=O)cn1)c1nnc(-c2ccccc2C(F)(F)F)n1C. The summed E-state index contributed by atoms with van der Waals surface area (Å²) >= 11 is 0. The molecule has 28 heavy (non-hydrogen) atoms. The summed E-state index contributed by atoms with van der Waals surface area (Å²) in [6, 6.07) is 8.08. The van der Waals surface area contributed by atoms with E-state index >= 15 is 0 Å². The van der Waals surface area contributed by atoms with Gasteiger partial charge in [0.15, 0.2) is 17.8 Å². The number of benzene rings is 1. The van der Waals surface area contributed by atoms with Crippen LogP contribution in [0, 0.1) is 0 Å². The van der Waals surface area contributed by atoms with Crippen molar-refractivity contribution in [2.75, 3.05) is 0 Å². The van der Waals surface area contributed by atoms with E-state index in [0.717, 1.165) is 6.07 Å². The summed E-state index contributed by atoms with van der Waals surface area (Å²) < 4.78 is 46.9. The van der Waals surface area contributed by atoms with Crippen LogP contribution in [-0.4, -0.2) is 25.7 Å². The summed E-state index contributed by atoms with van der Waals surface area (Å²) in [5.41, 5.74) is 4.51. The molecule has 10 heteroatoms. The van der Waals surface area contributed by atoms with Crippen molar-refractivity contribution in [1.82, 2.24) is 19.7 Å². The van der Waals surface area contributed by atoms with Crippen LogP contribution in [0.5, 0.6) is 5.88 Å². The van der Waals surface area contributed by atoms with Crippen molar-refractivity contribution in [1.29, 1.82) is 0 Å². The predicted octanol–water partition coefficient (Wildman–Crippen LogP) is 3.13. The number of ether oxygens (including phenoxy) is 1. The molecule has 1 atom stereocenters. The van der Waals surface area contributed by atoms with Gasteiger partial charge in [-0.1, -0.05) is 18.2 Å². The fourth-order valence-electron chi connectivity index (χ4n) is 2.68. The lowest BCUT2D eigenvalue weighted by atomic mass is 10.1. The molecule has 0 radical (unpaired) electrons.